The summed E-state index contributed by atoms with van der Waals surface area (Å²) in [6.07, 6.45) is 1.94. The third kappa shape index (κ3) is 5.26. The van der Waals surface area contributed by atoms with Crippen molar-refractivity contribution in [3.63, 3.8) is 0 Å². The van der Waals surface area contributed by atoms with E-state index in [-0.39, 0.29) is 12.1 Å². The summed E-state index contributed by atoms with van der Waals surface area (Å²) in [6, 6.07) is 1.62. The fourth-order valence-electron chi connectivity index (χ4n) is 1.36. The van der Waals surface area contributed by atoms with Crippen LogP contribution in [0.15, 0.2) is 18.2 Å². The monoisotopic (exact) mass is 285 g/mol. The zero-order chi connectivity index (χ0) is 15.3. The molecule has 1 aromatic carbocycles. The number of aromatic hydroxyl groups is 1. The van der Waals surface area contributed by atoms with Gasteiger partial charge in [-0.15, -0.1) is 0 Å². The number of ether oxygens (including phenoxy) is 1. The smallest absolute Gasteiger partial charge is 0.407 e. The first-order chi connectivity index (χ1) is 9.19. The first-order valence-electron chi connectivity index (χ1n) is 6.00. The van der Waals surface area contributed by atoms with Crippen LogP contribution < -0.4 is 5.32 Å². The van der Waals surface area contributed by atoms with Crippen LogP contribution >= 0.6 is 0 Å². The Morgan fingerprint density at radius 2 is 1.90 bits per heavy atom. The van der Waals surface area contributed by atoms with Crippen molar-refractivity contribution in [1.82, 2.24) is 5.32 Å². The summed E-state index contributed by atoms with van der Waals surface area (Å²) in [7, 11) is 0. The summed E-state index contributed by atoms with van der Waals surface area (Å²) >= 11 is 0. The topological polar surface area (TPSA) is 58.6 Å². The van der Waals surface area contributed by atoms with Gasteiger partial charge in [-0.2, -0.15) is 0 Å². The highest BCUT2D eigenvalue weighted by atomic mass is 19.1. The molecule has 0 saturated heterocycles. The molecule has 0 heterocycles. The molecule has 0 aliphatic rings. The molecule has 0 radical (unpaired) electrons. The first-order valence-corrected chi connectivity index (χ1v) is 6.00. The Hall–Kier alpha value is -2.11. The van der Waals surface area contributed by atoms with E-state index in [2.05, 4.69) is 5.32 Å². The van der Waals surface area contributed by atoms with E-state index in [9.17, 15) is 13.6 Å². The summed E-state index contributed by atoms with van der Waals surface area (Å²) in [5, 5.41) is 11.4. The number of phenols is 1. The van der Waals surface area contributed by atoms with Crippen molar-refractivity contribution in [1.29, 1.82) is 0 Å². The largest absolute Gasteiger partial charge is 0.508 e. The van der Waals surface area contributed by atoms with Gasteiger partial charge in [0, 0.05) is 24.2 Å². The summed E-state index contributed by atoms with van der Waals surface area (Å²) in [4.78, 5) is 11.3. The molecule has 2 N–H and O–H groups in total. The molecule has 0 bridgehead atoms. The lowest BCUT2D eigenvalue weighted by Crippen LogP contribution is -2.32. The Kier molecular flexibility index (Phi) is 5.07. The number of phenolic OH excluding ortho intramolecular Hbond substituents is 1. The van der Waals surface area contributed by atoms with Gasteiger partial charge in [-0.25, -0.2) is 13.6 Å². The molecule has 6 heteroatoms. The molecular formula is C14H17F2NO3. The third-order valence-corrected chi connectivity index (χ3v) is 2.11. The van der Waals surface area contributed by atoms with E-state index in [0.717, 1.165) is 12.1 Å². The minimum atomic E-state index is -0.879. The fourth-order valence-corrected chi connectivity index (χ4v) is 1.36. The molecule has 0 aliphatic heterocycles. The molecule has 1 aromatic rings. The Morgan fingerprint density at radius 3 is 2.40 bits per heavy atom. The van der Waals surface area contributed by atoms with Crippen LogP contribution in [0.3, 0.4) is 0 Å². The average Bonchev–Trinajstić information content (AvgIpc) is 2.23. The van der Waals surface area contributed by atoms with Gasteiger partial charge in [0.1, 0.15) is 23.0 Å². The second-order valence-electron chi connectivity index (χ2n) is 5.11. The van der Waals surface area contributed by atoms with Crippen molar-refractivity contribution in [3.05, 3.63) is 35.4 Å². The van der Waals surface area contributed by atoms with Gasteiger partial charge >= 0.3 is 6.09 Å². The Labute approximate surface area is 116 Å². The maximum absolute atomic E-state index is 13.4. The number of amides is 1. The van der Waals surface area contributed by atoms with Gasteiger partial charge in [0.25, 0.3) is 0 Å². The quantitative estimate of drug-likeness (QED) is 0.896. The fraction of sp³-hybridized carbons (Fsp3) is 0.357. The first kappa shape index (κ1) is 15.9. The third-order valence-electron chi connectivity index (χ3n) is 2.11. The number of hydrogen-bond donors (Lipinski definition) is 2. The van der Waals surface area contributed by atoms with Crippen LogP contribution in [0.25, 0.3) is 6.08 Å². The van der Waals surface area contributed by atoms with Crippen LogP contribution in [0.5, 0.6) is 5.75 Å². The van der Waals surface area contributed by atoms with E-state index in [1.54, 1.807) is 20.8 Å². The van der Waals surface area contributed by atoms with Crippen LogP contribution in [0, 0.1) is 11.6 Å². The number of carbonyl (C=O) groups is 1. The van der Waals surface area contributed by atoms with E-state index in [0.29, 0.717) is 0 Å². The zero-order valence-corrected chi connectivity index (χ0v) is 11.5. The minimum Gasteiger partial charge on any atom is -0.508 e. The van der Waals surface area contributed by atoms with Crippen LogP contribution in [-0.4, -0.2) is 23.3 Å². The molecular weight excluding hydrogens is 268 g/mol. The van der Waals surface area contributed by atoms with Crippen molar-refractivity contribution in [2.24, 2.45) is 0 Å². The number of alkyl carbamates (subject to hydrolysis) is 1. The average molecular weight is 285 g/mol. The predicted molar refractivity (Wildman–Crippen MR) is 71.3 cm³/mol. The van der Waals surface area contributed by atoms with Crippen molar-refractivity contribution in [2.45, 2.75) is 26.4 Å². The predicted octanol–water partition coefficient (Wildman–Crippen LogP) is 3.21. The molecule has 4 nitrogen and oxygen atoms in total. The number of rotatable bonds is 3. The highest BCUT2D eigenvalue weighted by molar-refractivity contribution is 5.68. The second kappa shape index (κ2) is 6.36. The standard InChI is InChI=1S/C14H17F2NO3/c1-14(2,3)20-13(19)17-6-4-5-10-11(15)7-9(18)8-12(10)16/h4-5,7-8,18H,6H2,1-3H3,(H,17,19). The van der Waals surface area contributed by atoms with Crippen molar-refractivity contribution in [3.8, 4) is 5.75 Å². The summed E-state index contributed by atoms with van der Waals surface area (Å²) in [6.45, 7) is 5.24. The number of halogens is 2. The van der Waals surface area contributed by atoms with Crippen LogP contribution in [0.2, 0.25) is 0 Å². The van der Waals surface area contributed by atoms with Gasteiger partial charge in [0.15, 0.2) is 0 Å². The van der Waals surface area contributed by atoms with Gasteiger partial charge in [0.2, 0.25) is 0 Å². The number of carbonyl (C=O) groups excluding carboxylic acids is 1. The maximum Gasteiger partial charge on any atom is 0.407 e. The van der Waals surface area contributed by atoms with Gasteiger partial charge in [0.05, 0.1) is 0 Å². The molecule has 0 spiro atoms. The number of nitrogens with one attached hydrogen (secondary N) is 1. The summed E-state index contributed by atoms with van der Waals surface area (Å²) in [5.74, 6) is -2.24. The Balaban J connectivity index is 2.56. The molecule has 1 rings (SSSR count). The Morgan fingerprint density at radius 1 is 1.35 bits per heavy atom. The molecule has 0 atom stereocenters. The highest BCUT2D eigenvalue weighted by Crippen LogP contribution is 2.20. The molecule has 20 heavy (non-hydrogen) atoms. The molecule has 0 aliphatic carbocycles. The lowest BCUT2D eigenvalue weighted by molar-refractivity contribution is 0.0534. The van der Waals surface area contributed by atoms with Gasteiger partial charge < -0.3 is 15.2 Å². The van der Waals surface area contributed by atoms with E-state index in [1.165, 1.54) is 12.2 Å². The Bertz CT molecular complexity index is 499. The molecule has 0 aromatic heterocycles. The van der Waals surface area contributed by atoms with Gasteiger partial charge in [-0.1, -0.05) is 12.2 Å². The number of benzene rings is 1. The van der Waals surface area contributed by atoms with E-state index >= 15 is 0 Å². The molecule has 0 saturated carbocycles. The van der Waals surface area contributed by atoms with Crippen LogP contribution in [0.1, 0.15) is 26.3 Å². The van der Waals surface area contributed by atoms with Crippen molar-refractivity contribution >= 4 is 12.2 Å². The summed E-state index contributed by atoms with van der Waals surface area (Å²) < 4.78 is 31.7. The number of hydrogen-bond acceptors (Lipinski definition) is 3. The molecule has 0 fully saturated rings. The lowest BCUT2D eigenvalue weighted by atomic mass is 10.1. The van der Waals surface area contributed by atoms with Crippen LogP contribution in [0.4, 0.5) is 13.6 Å². The zero-order valence-electron chi connectivity index (χ0n) is 11.5. The van der Waals surface area contributed by atoms with Gasteiger partial charge in [-0.05, 0) is 20.8 Å². The lowest BCUT2D eigenvalue weighted by Gasteiger charge is -2.19. The molecule has 1 amide bonds. The van der Waals surface area contributed by atoms with Crippen molar-refractivity contribution < 1.29 is 23.4 Å². The second-order valence-corrected chi connectivity index (χ2v) is 5.11. The van der Waals surface area contributed by atoms with Gasteiger partial charge in [-0.3, -0.25) is 0 Å². The van der Waals surface area contributed by atoms with E-state index in [1.807, 2.05) is 0 Å². The summed E-state index contributed by atoms with van der Waals surface area (Å²) in [5.41, 5.74) is -0.892. The normalized spacial score (nSPS) is 11.7. The minimum absolute atomic E-state index is 0.0642. The SMILES string of the molecule is CC(C)(C)OC(=O)NCC=Cc1c(F)cc(O)cc1F. The van der Waals surface area contributed by atoms with E-state index in [4.69, 9.17) is 9.84 Å². The van der Waals surface area contributed by atoms with Crippen LogP contribution in [-0.2, 0) is 4.74 Å². The highest BCUT2D eigenvalue weighted by Gasteiger charge is 2.15. The molecule has 0 unspecified atom stereocenters. The van der Waals surface area contributed by atoms with E-state index < -0.39 is 29.1 Å². The maximum atomic E-state index is 13.4. The molecule has 110 valence electrons. The van der Waals surface area contributed by atoms with Crippen molar-refractivity contribution in [2.75, 3.05) is 6.54 Å².